The molecule has 0 aliphatic carbocycles. The summed E-state index contributed by atoms with van der Waals surface area (Å²) in [4.78, 5) is 0. The van der Waals surface area contributed by atoms with E-state index in [-0.39, 0.29) is 12.1 Å². The van der Waals surface area contributed by atoms with E-state index in [9.17, 15) is 0 Å². The zero-order valence-electron chi connectivity index (χ0n) is 7.26. The first-order valence-electron chi connectivity index (χ1n) is 3.80. The Morgan fingerprint density at radius 1 is 1.55 bits per heavy atom. The second-order valence-electron chi connectivity index (χ2n) is 3.19. The Morgan fingerprint density at radius 3 is 2.64 bits per heavy atom. The lowest BCUT2D eigenvalue weighted by atomic mass is 10.1. The van der Waals surface area contributed by atoms with Crippen LogP contribution in [-0.4, -0.2) is 30.4 Å². The maximum Gasteiger partial charge on any atom is 0.115 e. The number of rotatable bonds is 6. The molecule has 0 aliphatic rings. The van der Waals surface area contributed by atoms with Gasteiger partial charge in [-0.2, -0.15) is 0 Å². The molecule has 0 rings (SSSR count). The summed E-state index contributed by atoms with van der Waals surface area (Å²) in [5, 5.41) is 12.0. The van der Waals surface area contributed by atoms with Crippen molar-refractivity contribution in [2.75, 3.05) is 19.8 Å². The van der Waals surface area contributed by atoms with Crippen molar-refractivity contribution in [1.29, 1.82) is 0 Å². The molecule has 0 unspecified atom stereocenters. The van der Waals surface area contributed by atoms with E-state index in [2.05, 4.69) is 10.1 Å². The molecule has 3 heteroatoms. The third-order valence-electron chi connectivity index (χ3n) is 1.44. The molecule has 11 heavy (non-hydrogen) atoms. The topological polar surface area (TPSA) is 41.5 Å². The number of hydrogen-bond acceptors (Lipinski definition) is 3. The number of aliphatic hydroxyl groups is 1. The van der Waals surface area contributed by atoms with Gasteiger partial charge in [-0.15, -0.1) is 0 Å². The molecule has 0 aromatic rings. The highest BCUT2D eigenvalue weighted by molar-refractivity contribution is 4.75. The highest BCUT2D eigenvalue weighted by atomic mass is 16.5. The molecule has 3 nitrogen and oxygen atoms in total. The van der Waals surface area contributed by atoms with E-state index in [1.807, 2.05) is 13.8 Å². The van der Waals surface area contributed by atoms with Gasteiger partial charge in [-0.05, 0) is 26.8 Å². The summed E-state index contributed by atoms with van der Waals surface area (Å²) in [5.41, 5.74) is -0.200. The van der Waals surface area contributed by atoms with Gasteiger partial charge in [-0.25, -0.2) is 0 Å². The number of ether oxygens (including phenoxy) is 1. The van der Waals surface area contributed by atoms with Crippen LogP contribution in [-0.2, 0) is 4.74 Å². The Bertz CT molecular complexity index is 94.1. The zero-order valence-corrected chi connectivity index (χ0v) is 7.26. The molecule has 0 aromatic heterocycles. The van der Waals surface area contributed by atoms with Crippen molar-refractivity contribution in [2.24, 2.45) is 0 Å². The molecule has 0 aromatic carbocycles. The zero-order chi connectivity index (χ0) is 8.74. The van der Waals surface area contributed by atoms with Gasteiger partial charge in [0.25, 0.3) is 0 Å². The fourth-order valence-electron chi connectivity index (χ4n) is 0.638. The van der Waals surface area contributed by atoms with Crippen LogP contribution in [0.4, 0.5) is 0 Å². The third-order valence-corrected chi connectivity index (χ3v) is 1.44. The van der Waals surface area contributed by atoms with Crippen LogP contribution >= 0.6 is 0 Å². The minimum Gasteiger partial charge on any atom is -0.394 e. The number of aliphatic hydroxyl groups excluding tert-OH is 1. The van der Waals surface area contributed by atoms with Gasteiger partial charge >= 0.3 is 0 Å². The molecule has 0 heterocycles. The minimum absolute atomic E-state index is 0.135. The lowest BCUT2D eigenvalue weighted by Gasteiger charge is -2.23. The van der Waals surface area contributed by atoms with Gasteiger partial charge in [-0.3, -0.25) is 0 Å². The van der Waals surface area contributed by atoms with E-state index in [4.69, 9.17) is 12.2 Å². The van der Waals surface area contributed by atoms with Gasteiger partial charge in [0.15, 0.2) is 0 Å². The fourth-order valence-corrected chi connectivity index (χ4v) is 0.638. The Labute approximate surface area is 68.8 Å². The molecule has 2 radical (unpaired) electrons. The molecular formula is C8H17NO2. The van der Waals surface area contributed by atoms with Crippen molar-refractivity contribution in [3.63, 3.8) is 0 Å². The second-order valence-corrected chi connectivity index (χ2v) is 3.19. The quantitative estimate of drug-likeness (QED) is 0.552. The van der Waals surface area contributed by atoms with Crippen LogP contribution in [0.3, 0.4) is 0 Å². The lowest BCUT2D eigenvalue weighted by molar-refractivity contribution is 0.180. The maximum absolute atomic E-state index is 8.83. The fraction of sp³-hybridized carbons (Fsp3) is 0.875. The molecular weight excluding hydrogens is 142 g/mol. The van der Waals surface area contributed by atoms with Crippen LogP contribution in [0, 0.1) is 7.11 Å². The van der Waals surface area contributed by atoms with E-state index < -0.39 is 0 Å². The van der Waals surface area contributed by atoms with Crippen molar-refractivity contribution in [2.45, 2.75) is 25.8 Å². The van der Waals surface area contributed by atoms with E-state index in [1.165, 1.54) is 0 Å². The van der Waals surface area contributed by atoms with E-state index in [0.717, 1.165) is 13.0 Å². The molecule has 0 amide bonds. The molecule has 66 valence electrons. The lowest BCUT2D eigenvalue weighted by Crippen LogP contribution is -2.43. The summed E-state index contributed by atoms with van der Waals surface area (Å²) in [6.07, 6.45) is 0.861. The Balaban J connectivity index is 3.23. The number of hydrogen-bond donors (Lipinski definition) is 2. The monoisotopic (exact) mass is 159 g/mol. The molecule has 0 atom stereocenters. The van der Waals surface area contributed by atoms with E-state index in [0.29, 0.717) is 6.61 Å². The molecule has 0 bridgehead atoms. The van der Waals surface area contributed by atoms with Crippen LogP contribution in [0.1, 0.15) is 20.3 Å². The van der Waals surface area contributed by atoms with E-state index >= 15 is 0 Å². The summed E-state index contributed by atoms with van der Waals surface area (Å²) < 4.78 is 4.39. The van der Waals surface area contributed by atoms with Gasteiger partial charge in [0, 0.05) is 12.1 Å². The first kappa shape index (κ1) is 10.9. The maximum atomic E-state index is 8.83. The molecule has 2 N–H and O–H groups in total. The molecule has 0 spiro atoms. The summed E-state index contributed by atoms with van der Waals surface area (Å²) in [5.74, 6) is 0. The van der Waals surface area contributed by atoms with Crippen molar-refractivity contribution in [3.8, 4) is 0 Å². The molecule has 0 saturated carbocycles. The van der Waals surface area contributed by atoms with Crippen LogP contribution < -0.4 is 5.32 Å². The van der Waals surface area contributed by atoms with Crippen LogP contribution in [0.5, 0.6) is 0 Å². The van der Waals surface area contributed by atoms with Gasteiger partial charge in [0.1, 0.15) is 7.11 Å². The summed E-state index contributed by atoms with van der Waals surface area (Å²) in [6, 6.07) is 0. The van der Waals surface area contributed by atoms with Crippen molar-refractivity contribution >= 4 is 0 Å². The second kappa shape index (κ2) is 5.52. The summed E-state index contributed by atoms with van der Waals surface area (Å²) >= 11 is 0. The molecule has 0 saturated heterocycles. The van der Waals surface area contributed by atoms with E-state index in [1.54, 1.807) is 0 Å². The largest absolute Gasteiger partial charge is 0.394 e. The Morgan fingerprint density at radius 2 is 2.18 bits per heavy atom. The predicted octanol–water partition coefficient (Wildman–Crippen LogP) is 0.422. The molecule has 0 fully saturated rings. The average molecular weight is 159 g/mol. The Kier molecular flexibility index (Phi) is 5.46. The minimum atomic E-state index is -0.200. The van der Waals surface area contributed by atoms with Gasteiger partial charge in [0.05, 0.1) is 6.61 Å². The highest BCUT2D eigenvalue weighted by Gasteiger charge is 2.13. The Hall–Kier alpha value is -0.120. The third kappa shape index (κ3) is 6.28. The molecule has 0 aliphatic heterocycles. The summed E-state index contributed by atoms with van der Waals surface area (Å²) in [6.45, 7) is 5.38. The number of nitrogens with one attached hydrogen (secondary N) is 1. The van der Waals surface area contributed by atoms with Crippen LogP contribution in [0.25, 0.3) is 0 Å². The smallest absolute Gasteiger partial charge is 0.115 e. The van der Waals surface area contributed by atoms with Crippen LogP contribution in [0.15, 0.2) is 0 Å². The first-order valence-corrected chi connectivity index (χ1v) is 3.80. The van der Waals surface area contributed by atoms with Crippen molar-refractivity contribution < 1.29 is 9.84 Å². The van der Waals surface area contributed by atoms with Gasteiger partial charge < -0.3 is 15.2 Å². The summed E-state index contributed by atoms with van der Waals surface area (Å²) in [7, 11) is 4.83. The van der Waals surface area contributed by atoms with Crippen molar-refractivity contribution in [3.05, 3.63) is 7.11 Å². The van der Waals surface area contributed by atoms with Gasteiger partial charge in [0.2, 0.25) is 0 Å². The van der Waals surface area contributed by atoms with Crippen molar-refractivity contribution in [1.82, 2.24) is 5.32 Å². The highest BCUT2D eigenvalue weighted by Crippen LogP contribution is 1.98. The van der Waals surface area contributed by atoms with Gasteiger partial charge in [-0.1, -0.05) is 0 Å². The SMILES string of the molecule is [CH]OCCCNC(C)(C)CO. The van der Waals surface area contributed by atoms with Crippen LogP contribution in [0.2, 0.25) is 0 Å². The predicted molar refractivity (Wildman–Crippen MR) is 44.0 cm³/mol. The average Bonchev–Trinajstić information content (AvgIpc) is 1.99. The normalized spacial score (nSPS) is 12.0. The standard InChI is InChI=1S/C8H17NO2/c1-8(2,7-10)9-5-4-6-11-3/h3,9-10H,4-7H2,1-2H3. The first-order chi connectivity index (χ1) is 5.12.